The van der Waals surface area contributed by atoms with E-state index in [1.54, 1.807) is 6.92 Å². The molecule has 0 spiro atoms. The number of anilines is 3. The summed E-state index contributed by atoms with van der Waals surface area (Å²) in [6, 6.07) is 6.69. The Bertz CT molecular complexity index is 1610. The minimum absolute atomic E-state index is 0.000556. The van der Waals surface area contributed by atoms with Gasteiger partial charge in [0.05, 0.1) is 28.1 Å². The van der Waals surface area contributed by atoms with Crippen LogP contribution >= 0.6 is 34.8 Å². The van der Waals surface area contributed by atoms with Gasteiger partial charge in [0.15, 0.2) is 21.1 Å². The number of nitrogens with zero attached hydrogens (tertiary/aromatic N) is 6. The van der Waals surface area contributed by atoms with Crippen LogP contribution in [-0.2, 0) is 0 Å². The molecule has 3 fully saturated rings. The fourth-order valence-corrected chi connectivity index (χ4v) is 5.23. The Hall–Kier alpha value is -3.41. The van der Waals surface area contributed by atoms with Gasteiger partial charge in [-0.3, -0.25) is 10.1 Å². The maximum absolute atomic E-state index is 10.8. The van der Waals surface area contributed by atoms with Gasteiger partial charge in [0.1, 0.15) is 5.52 Å². The largest absolute Gasteiger partial charge is 0.397 e. The number of hydrogen-bond donors (Lipinski definition) is 3. The van der Waals surface area contributed by atoms with E-state index in [1.165, 1.54) is 31.7 Å². The predicted octanol–water partition coefficient (Wildman–Crippen LogP) is 7.45. The molecule has 14 heteroatoms. The maximum Gasteiger partial charge on any atom is 0.297 e. The molecule has 4 aromatic heterocycles. The third kappa shape index (κ3) is 7.50. The molecule has 42 heavy (non-hydrogen) atoms. The molecular weight excluding hydrogens is 601 g/mol. The molecule has 0 amide bonds. The second-order valence-electron chi connectivity index (χ2n) is 10.9. The normalized spacial score (nSPS) is 15.8. The van der Waals surface area contributed by atoms with Crippen LogP contribution in [0.4, 0.5) is 22.7 Å². The summed E-state index contributed by atoms with van der Waals surface area (Å²) < 4.78 is 2.14. The fraction of sp³-hybridized carbons (Fsp3) is 0.429. The molecule has 0 atom stereocenters. The first kappa shape index (κ1) is 30.1. The van der Waals surface area contributed by atoms with Crippen LogP contribution in [0, 0.1) is 30.9 Å². The molecule has 7 rings (SSSR count). The van der Waals surface area contributed by atoms with Crippen LogP contribution in [0.25, 0.3) is 11.0 Å². The van der Waals surface area contributed by atoms with Crippen molar-refractivity contribution in [3.63, 3.8) is 0 Å². The number of nitro groups is 1. The van der Waals surface area contributed by atoms with Gasteiger partial charge in [-0.1, -0.05) is 34.8 Å². The summed E-state index contributed by atoms with van der Waals surface area (Å²) in [5.74, 6) is 0. The standard InChI is InChI=1S/C10H10ClN3.C9H10ClN3O2.C9H12ClN3/c1-6-4-8-9(10(11)13-6)14(5-12-8)7-2-3-7;1-5-4-7(13(14)15)8(9(10)11-5)12-6-2-3-6;1-5-4-7(11)8(9(10)12-5)13-6-2-3-6/h4-5,7H,2-3H2,1H3;4,6,12H,2-3H2,1H3;4,6,13H,2-3H2,1H3,(H2,11,12). The summed E-state index contributed by atoms with van der Waals surface area (Å²) in [4.78, 5) is 27.1. The van der Waals surface area contributed by atoms with Crippen molar-refractivity contribution in [2.45, 2.75) is 77.4 Å². The fourth-order valence-electron chi connectivity index (χ4n) is 4.32. The molecule has 3 aliphatic rings. The molecule has 0 unspecified atom stereocenters. The van der Waals surface area contributed by atoms with E-state index in [9.17, 15) is 10.1 Å². The summed E-state index contributed by atoms with van der Waals surface area (Å²) in [5, 5.41) is 18.3. The highest BCUT2D eigenvalue weighted by Gasteiger charge is 2.28. The number of aromatic nitrogens is 5. The molecule has 11 nitrogen and oxygen atoms in total. The number of imidazole rings is 1. The zero-order valence-corrected chi connectivity index (χ0v) is 25.8. The topological polar surface area (TPSA) is 150 Å². The molecule has 0 bridgehead atoms. The van der Waals surface area contributed by atoms with Crippen molar-refractivity contribution >= 4 is 68.6 Å². The number of nitrogens with one attached hydrogen (secondary N) is 2. The molecule has 0 saturated heterocycles. The van der Waals surface area contributed by atoms with Crippen molar-refractivity contribution in [3.8, 4) is 0 Å². The van der Waals surface area contributed by atoms with Gasteiger partial charge in [-0.05, 0) is 71.4 Å². The number of rotatable bonds is 6. The van der Waals surface area contributed by atoms with E-state index >= 15 is 0 Å². The summed E-state index contributed by atoms with van der Waals surface area (Å²) >= 11 is 17.9. The first-order valence-corrected chi connectivity index (χ1v) is 14.9. The van der Waals surface area contributed by atoms with Crippen LogP contribution < -0.4 is 16.4 Å². The van der Waals surface area contributed by atoms with E-state index < -0.39 is 4.92 Å². The Morgan fingerprint density at radius 1 is 0.833 bits per heavy atom. The molecule has 3 aliphatic carbocycles. The molecule has 4 aromatic rings. The Kier molecular flexibility index (Phi) is 8.91. The third-order valence-electron chi connectivity index (χ3n) is 6.84. The summed E-state index contributed by atoms with van der Waals surface area (Å²) in [6.07, 6.45) is 8.79. The van der Waals surface area contributed by atoms with E-state index in [1.807, 2.05) is 32.3 Å². The molecule has 222 valence electrons. The average molecular weight is 633 g/mol. The van der Waals surface area contributed by atoms with Crippen molar-refractivity contribution < 1.29 is 4.92 Å². The number of halogens is 3. The second-order valence-corrected chi connectivity index (χ2v) is 11.9. The lowest BCUT2D eigenvalue weighted by atomic mass is 10.3. The molecule has 0 aliphatic heterocycles. The quantitative estimate of drug-likeness (QED) is 0.112. The van der Waals surface area contributed by atoms with Crippen LogP contribution in [0.1, 0.15) is 61.6 Å². The molecule has 4 N–H and O–H groups in total. The predicted molar refractivity (Wildman–Crippen MR) is 168 cm³/mol. The van der Waals surface area contributed by atoms with E-state index in [0.29, 0.717) is 45.5 Å². The number of nitrogens with two attached hydrogens (primary N) is 1. The van der Waals surface area contributed by atoms with Crippen LogP contribution in [0.3, 0.4) is 0 Å². The van der Waals surface area contributed by atoms with Crippen molar-refractivity contribution in [2.75, 3.05) is 16.4 Å². The van der Waals surface area contributed by atoms with Crippen molar-refractivity contribution in [3.05, 3.63) is 67.2 Å². The molecule has 4 heterocycles. The number of fused-ring (bicyclic) bond motifs is 1. The summed E-state index contributed by atoms with van der Waals surface area (Å²) in [7, 11) is 0. The van der Waals surface area contributed by atoms with Gasteiger partial charge in [0.2, 0.25) is 0 Å². The lowest BCUT2D eigenvalue weighted by Crippen LogP contribution is -2.06. The molecule has 0 aromatic carbocycles. The van der Waals surface area contributed by atoms with Gasteiger partial charge in [-0.2, -0.15) is 0 Å². The zero-order valence-electron chi connectivity index (χ0n) is 23.5. The second kappa shape index (κ2) is 12.4. The first-order valence-electron chi connectivity index (χ1n) is 13.8. The lowest BCUT2D eigenvalue weighted by Gasteiger charge is -2.10. The van der Waals surface area contributed by atoms with Gasteiger partial charge in [0, 0.05) is 41.3 Å². The lowest BCUT2D eigenvalue weighted by molar-refractivity contribution is -0.384. The third-order valence-corrected chi connectivity index (χ3v) is 7.65. The van der Waals surface area contributed by atoms with Crippen LogP contribution in [0.5, 0.6) is 0 Å². The van der Waals surface area contributed by atoms with E-state index in [4.69, 9.17) is 40.5 Å². The minimum atomic E-state index is -0.439. The van der Waals surface area contributed by atoms with Crippen molar-refractivity contribution in [2.24, 2.45) is 0 Å². The highest BCUT2D eigenvalue weighted by molar-refractivity contribution is 6.34. The number of pyridine rings is 3. The average Bonchev–Trinajstić information content (AvgIpc) is 3.77. The number of hydrogen-bond acceptors (Lipinski definition) is 9. The van der Waals surface area contributed by atoms with Crippen LogP contribution in [-0.4, -0.2) is 41.5 Å². The molecule has 0 radical (unpaired) electrons. The monoisotopic (exact) mass is 631 g/mol. The van der Waals surface area contributed by atoms with Gasteiger partial charge in [0.25, 0.3) is 5.69 Å². The number of nitrogen functional groups attached to an aromatic ring is 1. The Morgan fingerprint density at radius 2 is 1.36 bits per heavy atom. The highest BCUT2D eigenvalue weighted by Crippen LogP contribution is 2.39. The maximum atomic E-state index is 10.8. The van der Waals surface area contributed by atoms with Crippen LogP contribution in [0.2, 0.25) is 15.5 Å². The van der Waals surface area contributed by atoms with Crippen molar-refractivity contribution in [1.82, 2.24) is 24.5 Å². The Balaban J connectivity index is 0.000000126. The van der Waals surface area contributed by atoms with Crippen molar-refractivity contribution in [1.29, 1.82) is 0 Å². The van der Waals surface area contributed by atoms with E-state index in [2.05, 4.69) is 35.1 Å². The summed E-state index contributed by atoms with van der Waals surface area (Å²) in [6.45, 7) is 5.49. The SMILES string of the molecule is Cc1cc(N)c(NC2CC2)c(Cl)n1.Cc1cc([N+](=O)[O-])c(NC2CC2)c(Cl)n1.Cc1cc2ncn(C3CC3)c2c(Cl)n1. The Labute approximate surface area is 258 Å². The van der Waals surface area contributed by atoms with Gasteiger partial charge < -0.3 is 20.9 Å². The van der Waals surface area contributed by atoms with E-state index in [0.717, 1.165) is 41.0 Å². The molecule has 3 saturated carbocycles. The van der Waals surface area contributed by atoms with E-state index in [-0.39, 0.29) is 10.8 Å². The smallest absolute Gasteiger partial charge is 0.297 e. The summed E-state index contributed by atoms with van der Waals surface area (Å²) in [5.41, 5.74) is 11.9. The minimum Gasteiger partial charge on any atom is -0.397 e. The van der Waals surface area contributed by atoms with Gasteiger partial charge >= 0.3 is 0 Å². The number of aryl methyl sites for hydroxylation is 3. The molecular formula is C28H32Cl3N9O2. The highest BCUT2D eigenvalue weighted by atomic mass is 35.5. The first-order chi connectivity index (χ1) is 20.0. The zero-order chi connectivity index (χ0) is 30.1. The Morgan fingerprint density at radius 3 is 1.90 bits per heavy atom. The van der Waals surface area contributed by atoms with Gasteiger partial charge in [-0.25, -0.2) is 19.9 Å². The van der Waals surface area contributed by atoms with Crippen LogP contribution in [0.15, 0.2) is 24.5 Å². The van der Waals surface area contributed by atoms with Gasteiger partial charge in [-0.15, -0.1) is 0 Å².